The number of aliphatic hydroxyl groups is 1. The highest BCUT2D eigenvalue weighted by molar-refractivity contribution is 9.10. The van der Waals surface area contributed by atoms with Gasteiger partial charge in [-0.25, -0.2) is 8.78 Å². The first-order chi connectivity index (χ1) is 8.87. The minimum absolute atomic E-state index is 0.0755. The third-order valence-electron chi connectivity index (χ3n) is 2.84. The Hall–Kier alpha value is -0.720. The van der Waals surface area contributed by atoms with Crippen molar-refractivity contribution in [1.29, 1.82) is 0 Å². The summed E-state index contributed by atoms with van der Waals surface area (Å²) in [6, 6.07) is 2.34. The van der Waals surface area contributed by atoms with Crippen LogP contribution < -0.4 is 10.1 Å². The van der Waals surface area contributed by atoms with Gasteiger partial charge in [-0.1, -0.05) is 0 Å². The molecule has 3 nitrogen and oxygen atoms in total. The Morgan fingerprint density at radius 3 is 2.74 bits per heavy atom. The maximum Gasteiger partial charge on any atom is 0.169 e. The summed E-state index contributed by atoms with van der Waals surface area (Å²) in [5.41, 5.74) is -1.11. The molecule has 0 aromatic heterocycles. The number of hydrogen-bond acceptors (Lipinski definition) is 3. The lowest BCUT2D eigenvalue weighted by Crippen LogP contribution is -2.43. The topological polar surface area (TPSA) is 41.5 Å². The molecule has 1 aromatic carbocycles. The van der Waals surface area contributed by atoms with Crippen molar-refractivity contribution in [2.75, 3.05) is 13.2 Å². The highest BCUT2D eigenvalue weighted by Crippen LogP contribution is 2.30. The van der Waals surface area contributed by atoms with Gasteiger partial charge in [-0.3, -0.25) is 0 Å². The minimum atomic E-state index is -1.11. The summed E-state index contributed by atoms with van der Waals surface area (Å²) in [6.07, 6.45) is 2.24. The van der Waals surface area contributed by atoms with E-state index in [1.54, 1.807) is 6.92 Å². The number of hydrogen-bond donors (Lipinski definition) is 2. The molecule has 0 saturated heterocycles. The predicted octanol–water partition coefficient (Wildman–Crippen LogP) is 2.61. The molecule has 1 aliphatic rings. The molecule has 0 amide bonds. The number of ether oxygens (including phenoxy) is 1. The van der Waals surface area contributed by atoms with E-state index in [4.69, 9.17) is 4.74 Å². The van der Waals surface area contributed by atoms with Crippen molar-refractivity contribution in [1.82, 2.24) is 5.32 Å². The van der Waals surface area contributed by atoms with Gasteiger partial charge < -0.3 is 15.2 Å². The number of halogens is 3. The highest BCUT2D eigenvalue weighted by Gasteiger charge is 2.27. The van der Waals surface area contributed by atoms with E-state index in [0.717, 1.165) is 25.0 Å². The van der Waals surface area contributed by atoms with Crippen LogP contribution in [-0.4, -0.2) is 29.9 Å². The van der Waals surface area contributed by atoms with Crippen molar-refractivity contribution in [3.63, 3.8) is 0 Å². The van der Waals surface area contributed by atoms with Gasteiger partial charge in [-0.15, -0.1) is 0 Å². The van der Waals surface area contributed by atoms with E-state index in [1.165, 1.54) is 0 Å². The average Bonchev–Trinajstić information content (AvgIpc) is 3.08. The standard InChI is InChI=1S/C13H16BrF2NO2/c1-13(18,6-17-9-2-3-9)7-19-12-10(14)4-8(15)5-11(12)16/h4-5,9,17-18H,2-3,6-7H2,1H3. The van der Waals surface area contributed by atoms with E-state index in [0.29, 0.717) is 12.6 Å². The quantitative estimate of drug-likeness (QED) is 0.839. The van der Waals surface area contributed by atoms with Gasteiger partial charge in [0.25, 0.3) is 0 Å². The molecule has 0 bridgehead atoms. The lowest BCUT2D eigenvalue weighted by atomic mass is 10.1. The molecule has 0 spiro atoms. The van der Waals surface area contributed by atoms with E-state index >= 15 is 0 Å². The van der Waals surface area contributed by atoms with Crippen LogP contribution in [0.25, 0.3) is 0 Å². The minimum Gasteiger partial charge on any atom is -0.486 e. The van der Waals surface area contributed by atoms with Crippen molar-refractivity contribution in [3.05, 3.63) is 28.2 Å². The predicted molar refractivity (Wildman–Crippen MR) is 71.2 cm³/mol. The summed E-state index contributed by atoms with van der Waals surface area (Å²) in [4.78, 5) is 0. The molecule has 106 valence electrons. The van der Waals surface area contributed by atoms with Gasteiger partial charge in [0.2, 0.25) is 0 Å². The lowest BCUT2D eigenvalue weighted by molar-refractivity contribution is 0.0106. The molecule has 2 rings (SSSR count). The summed E-state index contributed by atoms with van der Waals surface area (Å²) in [6.45, 7) is 1.91. The molecule has 19 heavy (non-hydrogen) atoms. The van der Waals surface area contributed by atoms with Gasteiger partial charge in [-0.2, -0.15) is 0 Å². The van der Waals surface area contributed by atoms with Gasteiger partial charge in [0.05, 0.1) is 4.47 Å². The molecule has 1 unspecified atom stereocenters. The summed E-state index contributed by atoms with van der Waals surface area (Å²) in [7, 11) is 0. The number of benzene rings is 1. The van der Waals surface area contributed by atoms with Crippen LogP contribution in [0, 0.1) is 11.6 Å². The van der Waals surface area contributed by atoms with E-state index in [2.05, 4.69) is 21.2 Å². The van der Waals surface area contributed by atoms with Crippen LogP contribution in [0.15, 0.2) is 16.6 Å². The normalized spacial score (nSPS) is 18.2. The molecule has 1 saturated carbocycles. The molecule has 0 radical (unpaired) electrons. The second-order valence-electron chi connectivity index (χ2n) is 5.14. The van der Waals surface area contributed by atoms with Crippen molar-refractivity contribution >= 4 is 15.9 Å². The second kappa shape index (κ2) is 5.73. The largest absolute Gasteiger partial charge is 0.486 e. The van der Waals surface area contributed by atoms with Crippen molar-refractivity contribution in [2.24, 2.45) is 0 Å². The zero-order valence-electron chi connectivity index (χ0n) is 10.5. The Bertz CT molecular complexity index is 441. The molecular weight excluding hydrogens is 320 g/mol. The zero-order valence-corrected chi connectivity index (χ0v) is 12.1. The maximum absolute atomic E-state index is 13.5. The fraction of sp³-hybridized carbons (Fsp3) is 0.538. The highest BCUT2D eigenvalue weighted by atomic mass is 79.9. The SMILES string of the molecule is CC(O)(CNC1CC1)COc1c(F)cc(F)cc1Br. The molecule has 1 atom stereocenters. The monoisotopic (exact) mass is 335 g/mol. The molecular formula is C13H16BrF2NO2. The Morgan fingerprint density at radius 1 is 1.47 bits per heavy atom. The average molecular weight is 336 g/mol. The molecule has 0 aliphatic heterocycles. The van der Waals surface area contributed by atoms with Crippen LogP contribution in [0.5, 0.6) is 5.75 Å². The van der Waals surface area contributed by atoms with Crippen molar-refractivity contribution in [2.45, 2.75) is 31.4 Å². The zero-order chi connectivity index (χ0) is 14.0. The van der Waals surface area contributed by atoms with Gasteiger partial charge in [0.1, 0.15) is 18.0 Å². The Labute approximate surface area is 119 Å². The van der Waals surface area contributed by atoms with Crippen LogP contribution in [0.3, 0.4) is 0 Å². The molecule has 6 heteroatoms. The number of nitrogens with one attached hydrogen (secondary N) is 1. The Morgan fingerprint density at radius 2 is 2.16 bits per heavy atom. The van der Waals surface area contributed by atoms with Crippen molar-refractivity contribution < 1.29 is 18.6 Å². The Balaban J connectivity index is 1.93. The van der Waals surface area contributed by atoms with E-state index in [1.807, 2.05) is 0 Å². The van der Waals surface area contributed by atoms with Gasteiger partial charge in [0.15, 0.2) is 11.6 Å². The first kappa shape index (κ1) is 14.7. The van der Waals surface area contributed by atoms with Gasteiger partial charge in [0, 0.05) is 18.7 Å². The summed E-state index contributed by atoms with van der Waals surface area (Å²) < 4.78 is 31.9. The molecule has 1 fully saturated rings. The fourth-order valence-electron chi connectivity index (χ4n) is 1.60. The molecule has 1 aromatic rings. The van der Waals surface area contributed by atoms with Crippen LogP contribution in [0.1, 0.15) is 19.8 Å². The first-order valence-electron chi connectivity index (χ1n) is 6.10. The third-order valence-corrected chi connectivity index (χ3v) is 3.43. The summed E-state index contributed by atoms with van der Waals surface area (Å²) in [5.74, 6) is -1.56. The fourth-order valence-corrected chi connectivity index (χ4v) is 2.12. The first-order valence-corrected chi connectivity index (χ1v) is 6.90. The van der Waals surface area contributed by atoms with Crippen LogP contribution in [-0.2, 0) is 0 Å². The second-order valence-corrected chi connectivity index (χ2v) is 5.99. The smallest absolute Gasteiger partial charge is 0.169 e. The van der Waals surface area contributed by atoms with Crippen molar-refractivity contribution in [3.8, 4) is 5.75 Å². The molecule has 2 N–H and O–H groups in total. The van der Waals surface area contributed by atoms with Crippen LogP contribution >= 0.6 is 15.9 Å². The van der Waals surface area contributed by atoms with E-state index in [-0.39, 0.29) is 16.8 Å². The maximum atomic E-state index is 13.5. The van der Waals surface area contributed by atoms with E-state index < -0.39 is 17.2 Å². The summed E-state index contributed by atoms with van der Waals surface area (Å²) >= 11 is 3.04. The lowest BCUT2D eigenvalue weighted by Gasteiger charge is -2.24. The Kier molecular flexibility index (Phi) is 4.43. The van der Waals surface area contributed by atoms with Gasteiger partial charge in [-0.05, 0) is 41.8 Å². The van der Waals surface area contributed by atoms with E-state index in [9.17, 15) is 13.9 Å². The summed E-state index contributed by atoms with van der Waals surface area (Å²) in [5, 5.41) is 13.3. The molecule has 1 aliphatic carbocycles. The molecule has 0 heterocycles. The van der Waals surface area contributed by atoms with Crippen LogP contribution in [0.2, 0.25) is 0 Å². The van der Waals surface area contributed by atoms with Gasteiger partial charge >= 0.3 is 0 Å². The third kappa shape index (κ3) is 4.40. The van der Waals surface area contributed by atoms with Crippen LogP contribution in [0.4, 0.5) is 8.78 Å². The number of rotatable bonds is 6.